The van der Waals surface area contributed by atoms with Gasteiger partial charge in [-0.25, -0.2) is 9.37 Å². The van der Waals surface area contributed by atoms with Gasteiger partial charge in [0.25, 0.3) is 5.69 Å². The highest BCUT2D eigenvalue weighted by Crippen LogP contribution is 2.30. The topological polar surface area (TPSA) is 68.1 Å². The zero-order valence-corrected chi connectivity index (χ0v) is 12.0. The van der Waals surface area contributed by atoms with E-state index in [0.29, 0.717) is 13.0 Å². The van der Waals surface area contributed by atoms with Gasteiger partial charge in [0.1, 0.15) is 11.5 Å². The van der Waals surface area contributed by atoms with E-state index in [-0.39, 0.29) is 15.8 Å². The van der Waals surface area contributed by atoms with Gasteiger partial charge < -0.3 is 5.32 Å². The molecule has 1 N–H and O–H groups in total. The lowest BCUT2D eigenvalue weighted by Crippen LogP contribution is -2.07. The summed E-state index contributed by atoms with van der Waals surface area (Å²) in [6.45, 7) is 0.489. The monoisotopic (exact) mass is 345 g/mol. The molecule has 0 radical (unpaired) electrons. The van der Waals surface area contributed by atoms with Crippen molar-refractivity contribution in [2.24, 2.45) is 0 Å². The van der Waals surface area contributed by atoms with E-state index in [9.17, 15) is 14.5 Å². The van der Waals surface area contributed by atoms with E-state index >= 15 is 0 Å². The molecule has 1 aromatic carbocycles. The number of hydrogen-bond donors (Lipinski definition) is 1. The maximum Gasteiger partial charge on any atom is 0.295 e. The average Bonchev–Trinajstić information content (AvgIpc) is 2.86. The first-order chi connectivity index (χ1) is 9.08. The van der Waals surface area contributed by atoms with E-state index in [4.69, 9.17) is 0 Å². The molecular weight excluding hydrogens is 337 g/mol. The second-order valence-corrected chi connectivity index (χ2v) is 5.27. The van der Waals surface area contributed by atoms with Gasteiger partial charge in [0.15, 0.2) is 0 Å². The van der Waals surface area contributed by atoms with Crippen molar-refractivity contribution < 1.29 is 9.31 Å². The Hall–Kier alpha value is -1.54. The zero-order chi connectivity index (χ0) is 13.8. The third-order valence-corrected chi connectivity index (χ3v) is 3.66. The van der Waals surface area contributed by atoms with Gasteiger partial charge in [0.2, 0.25) is 0 Å². The third-order valence-electron chi connectivity index (χ3n) is 2.42. The normalized spacial score (nSPS) is 10.4. The summed E-state index contributed by atoms with van der Waals surface area (Å²) in [6, 6.07) is 2.27. The largest absolute Gasteiger partial charge is 0.379 e. The molecule has 0 fully saturated rings. The molecule has 0 atom stereocenters. The molecule has 19 heavy (non-hydrogen) atoms. The molecule has 0 saturated heterocycles. The highest BCUT2D eigenvalue weighted by atomic mass is 79.9. The molecule has 5 nitrogen and oxygen atoms in total. The van der Waals surface area contributed by atoms with Crippen molar-refractivity contribution >= 4 is 38.6 Å². The highest BCUT2D eigenvalue weighted by molar-refractivity contribution is 9.10. The summed E-state index contributed by atoms with van der Waals surface area (Å²) in [7, 11) is 0. The van der Waals surface area contributed by atoms with Crippen molar-refractivity contribution in [3.05, 3.63) is 49.1 Å². The number of nitrogens with one attached hydrogen (secondary N) is 1. The van der Waals surface area contributed by atoms with Crippen LogP contribution in [0, 0.1) is 15.9 Å². The van der Waals surface area contributed by atoms with E-state index < -0.39 is 10.7 Å². The number of thiazole rings is 1. The van der Waals surface area contributed by atoms with Crippen LogP contribution in [-0.2, 0) is 6.42 Å². The van der Waals surface area contributed by atoms with Crippen LogP contribution >= 0.6 is 27.3 Å². The summed E-state index contributed by atoms with van der Waals surface area (Å²) in [5, 5.41) is 15.7. The van der Waals surface area contributed by atoms with Crippen molar-refractivity contribution in [3.63, 3.8) is 0 Å². The zero-order valence-electron chi connectivity index (χ0n) is 9.60. The van der Waals surface area contributed by atoms with Gasteiger partial charge in [0, 0.05) is 18.3 Å². The van der Waals surface area contributed by atoms with Crippen LogP contribution in [0.1, 0.15) is 5.69 Å². The van der Waals surface area contributed by atoms with Crippen LogP contribution in [0.5, 0.6) is 0 Å². The fourth-order valence-corrected chi connectivity index (χ4v) is 2.45. The van der Waals surface area contributed by atoms with Gasteiger partial charge in [-0.3, -0.25) is 10.1 Å². The van der Waals surface area contributed by atoms with Crippen LogP contribution < -0.4 is 5.32 Å². The second kappa shape index (κ2) is 6.07. The minimum Gasteiger partial charge on any atom is -0.379 e. The summed E-state index contributed by atoms with van der Waals surface area (Å²) in [5.74, 6) is -0.656. The molecule has 0 amide bonds. The Bertz CT molecular complexity index is 592. The molecule has 0 spiro atoms. The molecule has 0 bridgehead atoms. The molecule has 0 aliphatic rings. The number of hydrogen-bond acceptors (Lipinski definition) is 5. The molecule has 1 heterocycles. The molecule has 0 aliphatic carbocycles. The Labute approximate surface area is 120 Å². The number of nitro benzene ring substituents is 1. The molecule has 0 aliphatic heterocycles. The van der Waals surface area contributed by atoms with Crippen LogP contribution in [0.25, 0.3) is 0 Å². The Balaban J connectivity index is 2.10. The van der Waals surface area contributed by atoms with E-state index in [1.807, 2.05) is 5.38 Å². The predicted octanol–water partition coefficient (Wildman–Crippen LogP) is 3.61. The number of benzene rings is 1. The first-order valence-corrected chi connectivity index (χ1v) is 7.06. The van der Waals surface area contributed by atoms with Gasteiger partial charge in [0.05, 0.1) is 26.7 Å². The Morgan fingerprint density at radius 2 is 2.32 bits per heavy atom. The molecular formula is C11H9BrFN3O2S. The van der Waals surface area contributed by atoms with Gasteiger partial charge in [-0.2, -0.15) is 0 Å². The summed E-state index contributed by atoms with van der Waals surface area (Å²) in [5.41, 5.74) is 2.65. The first kappa shape index (κ1) is 13.9. The standard InChI is InChI=1S/C11H9BrFN3O2S/c12-8-3-10(11(16(17)18)4-9(8)13)14-2-1-7-5-19-6-15-7/h3-6,14H,1-2H2. The third kappa shape index (κ3) is 3.48. The van der Waals surface area contributed by atoms with Crippen molar-refractivity contribution in [2.75, 3.05) is 11.9 Å². The van der Waals surface area contributed by atoms with Gasteiger partial charge >= 0.3 is 0 Å². The average molecular weight is 346 g/mol. The Kier molecular flexibility index (Phi) is 4.43. The molecule has 1 aromatic heterocycles. The van der Waals surface area contributed by atoms with E-state index in [1.54, 1.807) is 5.51 Å². The van der Waals surface area contributed by atoms with Gasteiger partial charge in [-0.15, -0.1) is 11.3 Å². The number of nitrogens with zero attached hydrogens (tertiary/aromatic N) is 2. The minimum absolute atomic E-state index is 0.189. The molecule has 2 rings (SSSR count). The van der Waals surface area contributed by atoms with Crippen LogP contribution in [0.15, 0.2) is 27.5 Å². The van der Waals surface area contributed by atoms with Crippen LogP contribution in [-0.4, -0.2) is 16.5 Å². The molecule has 100 valence electrons. The van der Waals surface area contributed by atoms with Crippen molar-refractivity contribution in [1.82, 2.24) is 4.98 Å². The lowest BCUT2D eigenvalue weighted by Gasteiger charge is -2.07. The second-order valence-electron chi connectivity index (χ2n) is 3.70. The summed E-state index contributed by atoms with van der Waals surface area (Å²) >= 11 is 4.51. The fraction of sp³-hybridized carbons (Fsp3) is 0.182. The predicted molar refractivity (Wildman–Crippen MR) is 75.1 cm³/mol. The number of rotatable bonds is 5. The lowest BCUT2D eigenvalue weighted by molar-refractivity contribution is -0.384. The molecule has 8 heteroatoms. The van der Waals surface area contributed by atoms with Gasteiger partial charge in [-0.1, -0.05) is 0 Å². The van der Waals surface area contributed by atoms with Crippen molar-refractivity contribution in [1.29, 1.82) is 0 Å². The maximum atomic E-state index is 13.3. The van der Waals surface area contributed by atoms with Crippen molar-refractivity contribution in [3.8, 4) is 0 Å². The quantitative estimate of drug-likeness (QED) is 0.663. The maximum absolute atomic E-state index is 13.3. The van der Waals surface area contributed by atoms with Crippen LogP contribution in [0.4, 0.5) is 15.8 Å². The fourth-order valence-electron chi connectivity index (χ4n) is 1.52. The smallest absolute Gasteiger partial charge is 0.295 e. The lowest BCUT2D eigenvalue weighted by atomic mass is 10.2. The number of halogens is 2. The van der Waals surface area contributed by atoms with E-state index in [1.165, 1.54) is 17.4 Å². The first-order valence-electron chi connectivity index (χ1n) is 5.32. The molecule has 2 aromatic rings. The van der Waals surface area contributed by atoms with E-state index in [0.717, 1.165) is 11.8 Å². The summed E-state index contributed by atoms with van der Waals surface area (Å²) in [4.78, 5) is 14.4. The summed E-state index contributed by atoms with van der Waals surface area (Å²) in [6.07, 6.45) is 0.648. The van der Waals surface area contributed by atoms with Crippen molar-refractivity contribution in [2.45, 2.75) is 6.42 Å². The molecule has 0 unspecified atom stereocenters. The number of aromatic nitrogens is 1. The highest BCUT2D eigenvalue weighted by Gasteiger charge is 2.17. The minimum atomic E-state index is -0.656. The van der Waals surface area contributed by atoms with Gasteiger partial charge in [-0.05, 0) is 22.0 Å². The van der Waals surface area contributed by atoms with Crippen LogP contribution in [0.3, 0.4) is 0 Å². The Morgan fingerprint density at radius 1 is 1.53 bits per heavy atom. The summed E-state index contributed by atoms with van der Waals surface area (Å²) < 4.78 is 13.5. The SMILES string of the molecule is O=[N+]([O-])c1cc(F)c(Br)cc1NCCc1cscn1. The Morgan fingerprint density at radius 3 is 2.95 bits per heavy atom. The van der Waals surface area contributed by atoms with E-state index in [2.05, 4.69) is 26.2 Å². The molecule has 0 saturated carbocycles. The number of anilines is 1. The van der Waals surface area contributed by atoms with Crippen LogP contribution in [0.2, 0.25) is 0 Å². The number of nitro groups is 1.